The minimum Gasteiger partial charge on any atom is -0.381 e. The second-order valence-electron chi connectivity index (χ2n) is 4.97. The van der Waals surface area contributed by atoms with E-state index < -0.39 is 5.60 Å². The molecule has 1 atom stereocenters. The highest BCUT2D eigenvalue weighted by Crippen LogP contribution is 2.34. The van der Waals surface area contributed by atoms with Crippen LogP contribution < -0.4 is 0 Å². The van der Waals surface area contributed by atoms with Gasteiger partial charge in [-0.1, -0.05) is 52.3 Å². The summed E-state index contributed by atoms with van der Waals surface area (Å²) in [7, 11) is 0. The maximum atomic E-state index is 10.9. The van der Waals surface area contributed by atoms with E-state index in [4.69, 9.17) is 0 Å². The van der Waals surface area contributed by atoms with Crippen LogP contribution in [0, 0.1) is 0 Å². The summed E-state index contributed by atoms with van der Waals surface area (Å²) in [4.78, 5) is 4.43. The lowest BCUT2D eigenvalue weighted by atomic mass is 9.89. The van der Waals surface area contributed by atoms with Crippen LogP contribution in [0.4, 0.5) is 0 Å². The van der Waals surface area contributed by atoms with Crippen molar-refractivity contribution in [2.75, 3.05) is 0 Å². The van der Waals surface area contributed by atoms with E-state index in [0.29, 0.717) is 0 Å². The molecule has 100 valence electrons. The van der Waals surface area contributed by atoms with Crippen LogP contribution in [0.5, 0.6) is 0 Å². The molecule has 0 saturated carbocycles. The van der Waals surface area contributed by atoms with E-state index >= 15 is 0 Å². The first-order valence-electron chi connectivity index (χ1n) is 6.42. The van der Waals surface area contributed by atoms with Gasteiger partial charge in [0.25, 0.3) is 0 Å². The van der Waals surface area contributed by atoms with Crippen LogP contribution in [-0.2, 0) is 5.60 Å². The van der Waals surface area contributed by atoms with Gasteiger partial charge in [0.15, 0.2) is 0 Å². The van der Waals surface area contributed by atoms with E-state index in [-0.39, 0.29) is 0 Å². The van der Waals surface area contributed by atoms with Crippen molar-refractivity contribution in [2.24, 2.45) is 0 Å². The molecule has 3 aromatic rings. The molecule has 3 rings (SSSR count). The third-order valence-electron chi connectivity index (χ3n) is 3.55. The predicted octanol–water partition coefficient (Wildman–Crippen LogP) is 4.25. The standard InChI is InChI=1S/C17H14BrNO/c1-17(20,14-7-3-4-8-15(14)18)13-10-12-6-2-5-9-16(12)19-11-13/h2-11,20H,1H3. The Bertz CT molecular complexity index is 768. The van der Waals surface area contributed by atoms with E-state index in [9.17, 15) is 5.11 Å². The van der Waals surface area contributed by atoms with Crippen molar-refractivity contribution in [3.63, 3.8) is 0 Å². The van der Waals surface area contributed by atoms with Crippen molar-refractivity contribution >= 4 is 26.8 Å². The van der Waals surface area contributed by atoms with E-state index in [1.165, 1.54) is 0 Å². The Morgan fingerprint density at radius 2 is 1.75 bits per heavy atom. The number of halogens is 1. The maximum absolute atomic E-state index is 10.9. The molecule has 0 spiro atoms. The van der Waals surface area contributed by atoms with Gasteiger partial charge in [-0.15, -0.1) is 0 Å². The average Bonchev–Trinajstić information content (AvgIpc) is 2.47. The molecular formula is C17H14BrNO. The van der Waals surface area contributed by atoms with Gasteiger partial charge in [0.05, 0.1) is 5.52 Å². The van der Waals surface area contributed by atoms with Crippen LogP contribution in [-0.4, -0.2) is 10.1 Å². The molecule has 0 bridgehead atoms. The molecular weight excluding hydrogens is 314 g/mol. The van der Waals surface area contributed by atoms with Crippen LogP contribution in [0.2, 0.25) is 0 Å². The maximum Gasteiger partial charge on any atom is 0.114 e. The molecule has 1 heterocycles. The highest BCUT2D eigenvalue weighted by molar-refractivity contribution is 9.10. The molecule has 3 heteroatoms. The molecule has 0 saturated heterocycles. The molecule has 0 aliphatic heterocycles. The number of benzene rings is 2. The van der Waals surface area contributed by atoms with E-state index in [0.717, 1.165) is 26.5 Å². The van der Waals surface area contributed by atoms with Gasteiger partial charge >= 0.3 is 0 Å². The van der Waals surface area contributed by atoms with Gasteiger partial charge in [0, 0.05) is 27.2 Å². The molecule has 0 radical (unpaired) electrons. The zero-order chi connectivity index (χ0) is 14.2. The van der Waals surface area contributed by atoms with Crippen LogP contribution in [0.15, 0.2) is 65.3 Å². The normalized spacial score (nSPS) is 14.2. The second-order valence-corrected chi connectivity index (χ2v) is 5.82. The Morgan fingerprint density at radius 1 is 1.05 bits per heavy atom. The largest absolute Gasteiger partial charge is 0.381 e. The zero-order valence-corrected chi connectivity index (χ0v) is 12.6. The number of hydrogen-bond acceptors (Lipinski definition) is 2. The summed E-state index contributed by atoms with van der Waals surface area (Å²) in [5.41, 5.74) is 1.45. The Balaban J connectivity index is 2.16. The summed E-state index contributed by atoms with van der Waals surface area (Å²) in [5.74, 6) is 0. The lowest BCUT2D eigenvalue weighted by Gasteiger charge is -2.25. The predicted molar refractivity (Wildman–Crippen MR) is 84.6 cm³/mol. The molecule has 0 aliphatic carbocycles. The minimum atomic E-state index is -1.09. The van der Waals surface area contributed by atoms with Gasteiger partial charge in [-0.2, -0.15) is 0 Å². The summed E-state index contributed by atoms with van der Waals surface area (Å²) in [6.07, 6.45) is 1.74. The number of aromatic nitrogens is 1. The summed E-state index contributed by atoms with van der Waals surface area (Å²) >= 11 is 3.50. The van der Waals surface area contributed by atoms with E-state index in [1.54, 1.807) is 13.1 Å². The number of nitrogens with zero attached hydrogens (tertiary/aromatic N) is 1. The van der Waals surface area contributed by atoms with Crippen molar-refractivity contribution in [1.82, 2.24) is 4.98 Å². The van der Waals surface area contributed by atoms with Gasteiger partial charge in [-0.3, -0.25) is 4.98 Å². The summed E-state index contributed by atoms with van der Waals surface area (Å²) in [5, 5.41) is 12.0. The van der Waals surface area contributed by atoms with E-state index in [2.05, 4.69) is 20.9 Å². The number of pyridine rings is 1. The van der Waals surface area contributed by atoms with E-state index in [1.807, 2.05) is 54.6 Å². The topological polar surface area (TPSA) is 33.1 Å². The second kappa shape index (κ2) is 5.00. The summed E-state index contributed by atoms with van der Waals surface area (Å²) in [6, 6.07) is 17.6. The van der Waals surface area contributed by atoms with Gasteiger partial charge in [0.2, 0.25) is 0 Å². The summed E-state index contributed by atoms with van der Waals surface area (Å²) in [6.45, 7) is 1.79. The number of aliphatic hydroxyl groups is 1. The molecule has 0 amide bonds. The van der Waals surface area contributed by atoms with Crippen LogP contribution >= 0.6 is 15.9 Å². The first-order valence-corrected chi connectivity index (χ1v) is 7.21. The molecule has 20 heavy (non-hydrogen) atoms. The quantitative estimate of drug-likeness (QED) is 0.763. The highest BCUT2D eigenvalue weighted by atomic mass is 79.9. The van der Waals surface area contributed by atoms with Crippen molar-refractivity contribution in [2.45, 2.75) is 12.5 Å². The average molecular weight is 328 g/mol. The lowest BCUT2D eigenvalue weighted by molar-refractivity contribution is 0.101. The minimum absolute atomic E-state index is 0.781. The van der Waals surface area contributed by atoms with Crippen molar-refractivity contribution in [1.29, 1.82) is 0 Å². The first kappa shape index (κ1) is 13.3. The SMILES string of the molecule is CC(O)(c1cnc2ccccc2c1)c1ccccc1Br. The molecule has 2 nitrogen and oxygen atoms in total. The molecule has 2 aromatic carbocycles. The number of fused-ring (bicyclic) bond motifs is 1. The number of rotatable bonds is 2. The van der Waals surface area contributed by atoms with Gasteiger partial charge in [-0.05, 0) is 25.1 Å². The fourth-order valence-corrected chi connectivity index (χ4v) is 3.02. The zero-order valence-electron chi connectivity index (χ0n) is 11.0. The fourth-order valence-electron chi connectivity index (χ4n) is 2.35. The molecule has 1 N–H and O–H groups in total. The molecule has 0 fully saturated rings. The summed E-state index contributed by atoms with van der Waals surface area (Å²) < 4.78 is 0.887. The highest BCUT2D eigenvalue weighted by Gasteiger charge is 2.28. The number of para-hydroxylation sites is 1. The third-order valence-corrected chi connectivity index (χ3v) is 4.24. The Kier molecular flexibility index (Phi) is 3.32. The Morgan fingerprint density at radius 3 is 2.55 bits per heavy atom. The van der Waals surface area contributed by atoms with Gasteiger partial charge in [0.1, 0.15) is 5.60 Å². The first-order chi connectivity index (χ1) is 9.59. The van der Waals surface area contributed by atoms with Crippen molar-refractivity contribution in [3.8, 4) is 0 Å². The van der Waals surface area contributed by atoms with Crippen molar-refractivity contribution in [3.05, 3.63) is 76.4 Å². The third kappa shape index (κ3) is 2.23. The van der Waals surface area contributed by atoms with Crippen LogP contribution in [0.25, 0.3) is 10.9 Å². The monoisotopic (exact) mass is 327 g/mol. The van der Waals surface area contributed by atoms with Gasteiger partial charge in [-0.25, -0.2) is 0 Å². The Labute approximate surface area is 126 Å². The molecule has 0 aliphatic rings. The smallest absolute Gasteiger partial charge is 0.114 e. The van der Waals surface area contributed by atoms with Crippen LogP contribution in [0.1, 0.15) is 18.1 Å². The Hall–Kier alpha value is -1.71. The van der Waals surface area contributed by atoms with Gasteiger partial charge < -0.3 is 5.11 Å². The van der Waals surface area contributed by atoms with Crippen molar-refractivity contribution < 1.29 is 5.11 Å². The lowest BCUT2D eigenvalue weighted by Crippen LogP contribution is -2.23. The fraction of sp³-hybridized carbons (Fsp3) is 0.118. The number of hydrogen-bond donors (Lipinski definition) is 1. The van der Waals surface area contributed by atoms with Crippen LogP contribution in [0.3, 0.4) is 0 Å². The molecule has 1 aromatic heterocycles. The molecule has 1 unspecified atom stereocenters.